The van der Waals surface area contributed by atoms with Gasteiger partial charge in [0.05, 0.1) is 4.90 Å². The van der Waals surface area contributed by atoms with Gasteiger partial charge in [0.2, 0.25) is 15.9 Å². The Morgan fingerprint density at radius 3 is 2.35 bits per heavy atom. The molecule has 1 aromatic carbocycles. The van der Waals surface area contributed by atoms with Crippen LogP contribution in [0.5, 0.6) is 0 Å². The highest BCUT2D eigenvalue weighted by molar-refractivity contribution is 7.89. The Kier molecular flexibility index (Phi) is 5.06. The maximum Gasteiger partial charge on any atom is 0.251 e. The van der Waals surface area contributed by atoms with Gasteiger partial charge in [0.1, 0.15) is 6.04 Å². The van der Waals surface area contributed by atoms with Crippen LogP contribution < -0.4 is 5.32 Å². The lowest BCUT2D eigenvalue weighted by Crippen LogP contribution is -2.45. The van der Waals surface area contributed by atoms with Crippen molar-refractivity contribution < 1.29 is 18.0 Å². The molecular formula is C15H21N3O4S. The van der Waals surface area contributed by atoms with Gasteiger partial charge in [-0.3, -0.25) is 9.59 Å². The van der Waals surface area contributed by atoms with Crippen molar-refractivity contribution in [2.75, 3.05) is 27.7 Å². The lowest BCUT2D eigenvalue weighted by Gasteiger charge is -2.25. The summed E-state index contributed by atoms with van der Waals surface area (Å²) in [5.74, 6) is -0.496. The minimum atomic E-state index is -3.76. The van der Waals surface area contributed by atoms with Crippen LogP contribution >= 0.6 is 0 Å². The first-order valence-corrected chi connectivity index (χ1v) is 8.78. The summed E-state index contributed by atoms with van der Waals surface area (Å²) in [6.07, 6.45) is 1.17. The summed E-state index contributed by atoms with van der Waals surface area (Å²) in [6, 6.07) is 5.06. The van der Waals surface area contributed by atoms with Crippen LogP contribution in [0.4, 0.5) is 0 Å². The number of nitrogens with zero attached hydrogens (tertiary/aromatic N) is 2. The van der Waals surface area contributed by atoms with Crippen LogP contribution in [0.25, 0.3) is 0 Å². The minimum absolute atomic E-state index is 0.0867. The summed E-state index contributed by atoms with van der Waals surface area (Å²) in [7, 11) is 0.977. The van der Waals surface area contributed by atoms with Crippen molar-refractivity contribution in [3.8, 4) is 0 Å². The Hall–Kier alpha value is -1.93. The molecule has 0 unspecified atom stereocenters. The van der Waals surface area contributed by atoms with E-state index < -0.39 is 16.1 Å². The van der Waals surface area contributed by atoms with Gasteiger partial charge < -0.3 is 10.2 Å². The van der Waals surface area contributed by atoms with E-state index in [4.69, 9.17) is 0 Å². The summed E-state index contributed by atoms with van der Waals surface area (Å²) in [5.41, 5.74) is 0.383. The van der Waals surface area contributed by atoms with Gasteiger partial charge in [0.25, 0.3) is 5.91 Å². The molecule has 0 bridgehead atoms. The van der Waals surface area contributed by atoms with E-state index in [1.807, 2.05) is 0 Å². The average Bonchev–Trinajstić information content (AvgIpc) is 3.03. The molecule has 1 N–H and O–H groups in total. The third kappa shape index (κ3) is 3.37. The normalized spacial score (nSPS) is 18.7. The molecule has 0 aromatic heterocycles. The Morgan fingerprint density at radius 1 is 1.22 bits per heavy atom. The monoisotopic (exact) mass is 339 g/mol. The lowest BCUT2D eigenvalue weighted by atomic mass is 10.2. The largest absolute Gasteiger partial charge is 0.355 e. The molecule has 1 aliphatic rings. The Bertz CT molecular complexity index is 698. The topological polar surface area (TPSA) is 86.8 Å². The number of hydrogen-bond acceptors (Lipinski definition) is 4. The lowest BCUT2D eigenvalue weighted by molar-refractivity contribution is -0.132. The van der Waals surface area contributed by atoms with Crippen LogP contribution in [-0.4, -0.2) is 63.2 Å². The molecule has 7 nitrogen and oxygen atoms in total. The van der Waals surface area contributed by atoms with Crippen molar-refractivity contribution in [1.82, 2.24) is 14.5 Å². The second-order valence-corrected chi connectivity index (χ2v) is 7.50. The molecule has 0 aliphatic carbocycles. The molecule has 126 valence electrons. The van der Waals surface area contributed by atoms with E-state index in [0.29, 0.717) is 24.9 Å². The number of benzene rings is 1. The molecule has 2 amide bonds. The first-order chi connectivity index (χ1) is 10.8. The van der Waals surface area contributed by atoms with Gasteiger partial charge >= 0.3 is 0 Å². The fourth-order valence-electron chi connectivity index (χ4n) is 2.63. The second-order valence-electron chi connectivity index (χ2n) is 5.61. The number of sulfonamides is 1. The maximum absolute atomic E-state index is 12.8. The fraction of sp³-hybridized carbons (Fsp3) is 0.467. The van der Waals surface area contributed by atoms with Gasteiger partial charge in [0, 0.05) is 33.3 Å². The summed E-state index contributed by atoms with van der Waals surface area (Å²) in [4.78, 5) is 25.2. The second kappa shape index (κ2) is 6.67. The van der Waals surface area contributed by atoms with Crippen molar-refractivity contribution in [1.29, 1.82) is 0 Å². The zero-order valence-corrected chi connectivity index (χ0v) is 14.3. The van der Waals surface area contributed by atoms with Crippen LogP contribution in [-0.2, 0) is 14.8 Å². The van der Waals surface area contributed by atoms with Crippen LogP contribution in [0.2, 0.25) is 0 Å². The van der Waals surface area contributed by atoms with Gasteiger partial charge in [-0.1, -0.05) is 0 Å². The van der Waals surface area contributed by atoms with E-state index in [-0.39, 0.29) is 16.7 Å². The maximum atomic E-state index is 12.8. The summed E-state index contributed by atoms with van der Waals surface area (Å²) in [5, 5.41) is 2.48. The van der Waals surface area contributed by atoms with E-state index in [1.165, 1.54) is 40.5 Å². The van der Waals surface area contributed by atoms with Crippen LogP contribution in [0.15, 0.2) is 29.2 Å². The van der Waals surface area contributed by atoms with E-state index in [9.17, 15) is 18.0 Å². The van der Waals surface area contributed by atoms with Gasteiger partial charge in [-0.05, 0) is 37.1 Å². The highest BCUT2D eigenvalue weighted by Crippen LogP contribution is 2.27. The quantitative estimate of drug-likeness (QED) is 0.854. The number of likely N-dealkylation sites (N-methyl/N-ethyl adjacent to an activating group) is 1. The third-order valence-electron chi connectivity index (χ3n) is 3.88. The van der Waals surface area contributed by atoms with Crippen molar-refractivity contribution in [2.45, 2.75) is 23.8 Å². The Labute approximate surface area is 136 Å². The molecular weight excluding hydrogens is 318 g/mol. The SMILES string of the molecule is CNC(=O)c1ccc(S(=O)(=O)N2CCC[C@H]2C(=O)N(C)C)cc1. The van der Waals surface area contributed by atoms with Gasteiger partial charge in [-0.2, -0.15) is 4.31 Å². The summed E-state index contributed by atoms with van der Waals surface area (Å²) in [6.45, 7) is 0.323. The highest BCUT2D eigenvalue weighted by Gasteiger charge is 2.39. The molecule has 1 atom stereocenters. The van der Waals surface area contributed by atoms with E-state index in [2.05, 4.69) is 5.32 Å². The molecule has 0 radical (unpaired) electrons. The van der Waals surface area contributed by atoms with Crippen LogP contribution in [0.1, 0.15) is 23.2 Å². The number of nitrogens with one attached hydrogen (secondary N) is 1. The molecule has 1 fully saturated rings. The highest BCUT2D eigenvalue weighted by atomic mass is 32.2. The zero-order chi connectivity index (χ0) is 17.2. The third-order valence-corrected chi connectivity index (χ3v) is 5.80. The number of hydrogen-bond donors (Lipinski definition) is 1. The van der Waals surface area contributed by atoms with Gasteiger partial charge in [-0.25, -0.2) is 8.42 Å². The Balaban J connectivity index is 2.30. The number of carbonyl (C=O) groups excluding carboxylic acids is 2. The van der Waals surface area contributed by atoms with Crippen molar-refractivity contribution in [3.05, 3.63) is 29.8 Å². The molecule has 1 heterocycles. The molecule has 0 saturated carbocycles. The van der Waals surface area contributed by atoms with E-state index in [0.717, 1.165) is 0 Å². The zero-order valence-electron chi connectivity index (χ0n) is 13.4. The standard InChI is InChI=1S/C15H21N3O4S/c1-16-14(19)11-6-8-12(9-7-11)23(21,22)18-10-4-5-13(18)15(20)17(2)3/h6-9,13H,4-5,10H2,1-3H3,(H,16,19)/t13-/m0/s1. The minimum Gasteiger partial charge on any atom is -0.355 e. The van der Waals surface area contributed by atoms with Crippen LogP contribution in [0, 0.1) is 0 Å². The summed E-state index contributed by atoms with van der Waals surface area (Å²) < 4.78 is 26.8. The van der Waals surface area contributed by atoms with E-state index in [1.54, 1.807) is 14.1 Å². The Morgan fingerprint density at radius 2 is 1.83 bits per heavy atom. The molecule has 1 aromatic rings. The fourth-order valence-corrected chi connectivity index (χ4v) is 4.28. The number of carbonyl (C=O) groups is 2. The molecule has 8 heteroatoms. The predicted octanol–water partition coefficient (Wildman–Crippen LogP) is 0.288. The molecule has 1 saturated heterocycles. The number of rotatable bonds is 4. The average molecular weight is 339 g/mol. The smallest absolute Gasteiger partial charge is 0.251 e. The van der Waals surface area contributed by atoms with Gasteiger partial charge in [0.15, 0.2) is 0 Å². The first kappa shape index (κ1) is 17.4. The van der Waals surface area contributed by atoms with Crippen molar-refractivity contribution in [2.24, 2.45) is 0 Å². The van der Waals surface area contributed by atoms with Crippen molar-refractivity contribution in [3.63, 3.8) is 0 Å². The van der Waals surface area contributed by atoms with Crippen LogP contribution in [0.3, 0.4) is 0 Å². The van der Waals surface area contributed by atoms with Gasteiger partial charge in [-0.15, -0.1) is 0 Å². The molecule has 1 aliphatic heterocycles. The van der Waals surface area contributed by atoms with E-state index >= 15 is 0 Å². The number of amides is 2. The molecule has 2 rings (SSSR count). The van der Waals surface area contributed by atoms with Crippen molar-refractivity contribution >= 4 is 21.8 Å². The predicted molar refractivity (Wildman–Crippen MR) is 85.4 cm³/mol. The molecule has 0 spiro atoms. The summed E-state index contributed by atoms with van der Waals surface area (Å²) >= 11 is 0. The molecule has 23 heavy (non-hydrogen) atoms. The first-order valence-electron chi connectivity index (χ1n) is 7.34.